The monoisotopic (exact) mass is 437 g/mol. The molecule has 4 rings (SSSR count). The highest BCUT2D eigenvalue weighted by atomic mass is 35.5. The number of fused-ring (bicyclic) bond motifs is 1. The number of hydrogen-bond acceptors (Lipinski definition) is 2. The van der Waals surface area contributed by atoms with Gasteiger partial charge in [-0.3, -0.25) is 4.98 Å². The molecule has 2 heterocycles. The molecule has 0 aliphatic carbocycles. The van der Waals surface area contributed by atoms with Crippen molar-refractivity contribution in [1.29, 1.82) is 0 Å². The Labute approximate surface area is 187 Å². The third-order valence-electron chi connectivity index (χ3n) is 5.24. The average Bonchev–Trinajstić information content (AvgIpc) is 3.05. The Morgan fingerprint density at radius 3 is 2.47 bits per heavy atom. The van der Waals surface area contributed by atoms with Crippen molar-refractivity contribution in [3.8, 4) is 22.3 Å². The van der Waals surface area contributed by atoms with Gasteiger partial charge < -0.3 is 9.47 Å². The first-order valence-electron chi connectivity index (χ1n) is 10.0. The molecule has 30 heavy (non-hydrogen) atoms. The van der Waals surface area contributed by atoms with Crippen molar-refractivity contribution >= 4 is 34.1 Å². The third kappa shape index (κ3) is 4.54. The minimum atomic E-state index is 0.523. The topological polar surface area (TPSA) is 21.1 Å². The van der Waals surface area contributed by atoms with Gasteiger partial charge in [-0.05, 0) is 62.0 Å². The van der Waals surface area contributed by atoms with Gasteiger partial charge in [-0.1, -0.05) is 42.3 Å². The van der Waals surface area contributed by atoms with Gasteiger partial charge in [0, 0.05) is 69.3 Å². The van der Waals surface area contributed by atoms with Crippen molar-refractivity contribution < 1.29 is 0 Å². The number of aromatic nitrogens is 2. The van der Waals surface area contributed by atoms with Crippen LogP contribution in [0.15, 0.2) is 67.1 Å². The molecule has 0 aliphatic rings. The maximum Gasteiger partial charge on any atom is 0.0487 e. The van der Waals surface area contributed by atoms with E-state index < -0.39 is 0 Å². The van der Waals surface area contributed by atoms with E-state index in [1.807, 2.05) is 42.7 Å². The standard InChI is InChI=1S/C25H25Cl2N3/c1-17(14-29(2)3)15-30-16-24(23-11-22(27)7-8-25(23)30)20-9-19(12-28-13-20)18-5-4-6-21(26)10-18/h4-13,16-17H,14-15H2,1-3H3. The first kappa shape index (κ1) is 20.9. The number of pyridine rings is 1. The number of benzene rings is 2. The molecule has 0 N–H and O–H groups in total. The molecule has 0 saturated heterocycles. The second-order valence-electron chi connectivity index (χ2n) is 8.20. The van der Waals surface area contributed by atoms with E-state index in [1.165, 1.54) is 5.52 Å². The summed E-state index contributed by atoms with van der Waals surface area (Å²) in [6, 6.07) is 16.1. The number of halogens is 2. The summed E-state index contributed by atoms with van der Waals surface area (Å²) >= 11 is 12.6. The highest BCUT2D eigenvalue weighted by Gasteiger charge is 2.14. The largest absolute Gasteiger partial charge is 0.347 e. The Morgan fingerprint density at radius 1 is 0.933 bits per heavy atom. The van der Waals surface area contributed by atoms with Crippen LogP contribution in [0.1, 0.15) is 6.92 Å². The molecular weight excluding hydrogens is 413 g/mol. The summed E-state index contributed by atoms with van der Waals surface area (Å²) in [4.78, 5) is 6.74. The molecule has 1 atom stereocenters. The van der Waals surface area contributed by atoms with Crippen LogP contribution in [-0.4, -0.2) is 35.1 Å². The summed E-state index contributed by atoms with van der Waals surface area (Å²) in [5, 5.41) is 2.60. The summed E-state index contributed by atoms with van der Waals surface area (Å²) < 4.78 is 2.33. The highest BCUT2D eigenvalue weighted by molar-refractivity contribution is 6.31. The van der Waals surface area contributed by atoms with Gasteiger partial charge in [-0.25, -0.2) is 0 Å². The van der Waals surface area contributed by atoms with Crippen LogP contribution in [0.4, 0.5) is 0 Å². The zero-order chi connectivity index (χ0) is 21.3. The molecule has 1 unspecified atom stereocenters. The molecule has 154 valence electrons. The van der Waals surface area contributed by atoms with Crippen LogP contribution in [0, 0.1) is 5.92 Å². The van der Waals surface area contributed by atoms with E-state index in [-0.39, 0.29) is 0 Å². The summed E-state index contributed by atoms with van der Waals surface area (Å²) in [5.41, 5.74) is 5.49. The fourth-order valence-electron chi connectivity index (χ4n) is 4.08. The van der Waals surface area contributed by atoms with Crippen molar-refractivity contribution in [3.63, 3.8) is 0 Å². The quantitative estimate of drug-likeness (QED) is 0.327. The molecule has 0 spiro atoms. The van der Waals surface area contributed by atoms with E-state index in [4.69, 9.17) is 23.2 Å². The molecule has 2 aromatic carbocycles. The van der Waals surface area contributed by atoms with Gasteiger partial charge in [-0.15, -0.1) is 0 Å². The maximum atomic E-state index is 6.36. The SMILES string of the molecule is CC(CN(C)C)Cn1cc(-c2cncc(-c3cccc(Cl)c3)c2)c2cc(Cl)ccc21. The van der Waals surface area contributed by atoms with E-state index >= 15 is 0 Å². The lowest BCUT2D eigenvalue weighted by molar-refractivity contribution is 0.318. The lowest BCUT2D eigenvalue weighted by Crippen LogP contribution is -2.22. The van der Waals surface area contributed by atoms with Crippen LogP contribution < -0.4 is 0 Å². The van der Waals surface area contributed by atoms with Crippen LogP contribution >= 0.6 is 23.2 Å². The first-order chi connectivity index (χ1) is 14.4. The highest BCUT2D eigenvalue weighted by Crippen LogP contribution is 2.34. The Morgan fingerprint density at radius 2 is 1.70 bits per heavy atom. The Bertz CT molecular complexity index is 1180. The van der Waals surface area contributed by atoms with Crippen molar-refractivity contribution in [2.24, 2.45) is 5.92 Å². The predicted octanol–water partition coefficient (Wildman–Crippen LogP) is 6.87. The Kier molecular flexibility index (Phi) is 6.14. The molecular formula is C25H25Cl2N3. The average molecular weight is 438 g/mol. The van der Waals surface area contributed by atoms with Crippen molar-refractivity contribution in [2.45, 2.75) is 13.5 Å². The van der Waals surface area contributed by atoms with Crippen LogP contribution in [0.2, 0.25) is 10.0 Å². The summed E-state index contributed by atoms with van der Waals surface area (Å²) in [5.74, 6) is 0.523. The van der Waals surface area contributed by atoms with Crippen LogP contribution in [0.5, 0.6) is 0 Å². The molecule has 3 nitrogen and oxygen atoms in total. The number of hydrogen-bond donors (Lipinski definition) is 0. The molecule has 0 aliphatic heterocycles. The second kappa shape index (κ2) is 8.81. The van der Waals surface area contributed by atoms with E-state index in [1.54, 1.807) is 0 Å². The Hall–Kier alpha value is -2.33. The van der Waals surface area contributed by atoms with E-state index in [2.05, 4.69) is 59.9 Å². The van der Waals surface area contributed by atoms with Gasteiger partial charge in [0.25, 0.3) is 0 Å². The molecule has 2 aromatic heterocycles. The maximum absolute atomic E-state index is 6.36. The number of nitrogens with zero attached hydrogens (tertiary/aromatic N) is 3. The minimum Gasteiger partial charge on any atom is -0.347 e. The molecule has 0 saturated carbocycles. The van der Waals surface area contributed by atoms with Gasteiger partial charge >= 0.3 is 0 Å². The fraction of sp³-hybridized carbons (Fsp3) is 0.240. The fourth-order valence-corrected chi connectivity index (χ4v) is 4.44. The van der Waals surface area contributed by atoms with Gasteiger partial charge in [0.15, 0.2) is 0 Å². The van der Waals surface area contributed by atoms with Crippen LogP contribution in [0.25, 0.3) is 33.2 Å². The van der Waals surface area contributed by atoms with Gasteiger partial charge in [0.2, 0.25) is 0 Å². The van der Waals surface area contributed by atoms with E-state index in [9.17, 15) is 0 Å². The molecule has 0 fully saturated rings. The van der Waals surface area contributed by atoms with Crippen LogP contribution in [-0.2, 0) is 6.54 Å². The second-order valence-corrected chi connectivity index (χ2v) is 9.07. The van der Waals surface area contributed by atoms with Gasteiger partial charge in [-0.2, -0.15) is 0 Å². The summed E-state index contributed by atoms with van der Waals surface area (Å²) in [6.45, 7) is 4.26. The predicted molar refractivity (Wildman–Crippen MR) is 128 cm³/mol. The molecule has 0 amide bonds. The van der Waals surface area contributed by atoms with Gasteiger partial charge in [0.1, 0.15) is 0 Å². The zero-order valence-corrected chi connectivity index (χ0v) is 19.0. The smallest absolute Gasteiger partial charge is 0.0487 e. The lowest BCUT2D eigenvalue weighted by Gasteiger charge is -2.18. The minimum absolute atomic E-state index is 0.523. The van der Waals surface area contributed by atoms with Crippen LogP contribution in [0.3, 0.4) is 0 Å². The number of rotatable bonds is 6. The summed E-state index contributed by atoms with van der Waals surface area (Å²) in [7, 11) is 4.23. The van der Waals surface area contributed by atoms with Gasteiger partial charge in [0.05, 0.1) is 0 Å². The summed E-state index contributed by atoms with van der Waals surface area (Å²) in [6.07, 6.45) is 6.02. The third-order valence-corrected chi connectivity index (χ3v) is 5.71. The molecule has 5 heteroatoms. The van der Waals surface area contributed by atoms with Crippen molar-refractivity contribution in [3.05, 3.63) is 77.2 Å². The lowest BCUT2D eigenvalue weighted by atomic mass is 10.0. The normalized spacial score (nSPS) is 12.6. The first-order valence-corrected chi connectivity index (χ1v) is 10.8. The molecule has 4 aromatic rings. The molecule has 0 radical (unpaired) electrons. The van der Waals surface area contributed by atoms with Crippen molar-refractivity contribution in [2.75, 3.05) is 20.6 Å². The van der Waals surface area contributed by atoms with Crippen molar-refractivity contribution in [1.82, 2.24) is 14.5 Å². The molecule has 0 bridgehead atoms. The van der Waals surface area contributed by atoms with E-state index in [0.29, 0.717) is 5.92 Å². The zero-order valence-electron chi connectivity index (χ0n) is 17.4. The van der Waals surface area contributed by atoms with E-state index in [0.717, 1.165) is 50.8 Å². The Balaban J connectivity index is 1.79.